The molecule has 0 aliphatic carbocycles. The number of hydrogen-bond acceptors (Lipinski definition) is 4. The average Bonchev–Trinajstić information content (AvgIpc) is 3.11. The second-order valence-corrected chi connectivity index (χ2v) is 6.62. The van der Waals surface area contributed by atoms with Gasteiger partial charge in [-0.25, -0.2) is 9.78 Å². The van der Waals surface area contributed by atoms with Crippen LogP contribution in [-0.2, 0) is 11.3 Å². The van der Waals surface area contributed by atoms with Gasteiger partial charge in [-0.05, 0) is 23.8 Å². The second kappa shape index (κ2) is 6.87. The van der Waals surface area contributed by atoms with E-state index in [9.17, 15) is 4.79 Å². The molecule has 1 heterocycles. The van der Waals surface area contributed by atoms with E-state index in [0.29, 0.717) is 5.56 Å². The van der Waals surface area contributed by atoms with Gasteiger partial charge < -0.3 is 4.74 Å². The number of esters is 1. The zero-order valence-electron chi connectivity index (χ0n) is 13.4. The van der Waals surface area contributed by atoms with E-state index in [-0.39, 0.29) is 12.6 Å². The van der Waals surface area contributed by atoms with Gasteiger partial charge >= 0.3 is 5.97 Å². The van der Waals surface area contributed by atoms with Crippen molar-refractivity contribution in [2.24, 2.45) is 0 Å². The van der Waals surface area contributed by atoms with E-state index in [4.69, 9.17) is 4.74 Å². The fraction of sp³-hybridized carbons (Fsp3) is 0.0476. The normalized spacial score (nSPS) is 10.7. The summed E-state index contributed by atoms with van der Waals surface area (Å²) in [7, 11) is 0. The first-order valence-corrected chi connectivity index (χ1v) is 8.79. The molecule has 4 heteroatoms. The lowest BCUT2D eigenvalue weighted by atomic mass is 10.1. The molecule has 0 radical (unpaired) electrons. The van der Waals surface area contributed by atoms with Crippen LogP contribution in [0.3, 0.4) is 0 Å². The molecular formula is C21H15NO2S. The zero-order chi connectivity index (χ0) is 17.1. The Morgan fingerprint density at radius 3 is 2.44 bits per heavy atom. The third kappa shape index (κ3) is 3.30. The van der Waals surface area contributed by atoms with Crippen molar-refractivity contribution in [3.8, 4) is 10.6 Å². The maximum Gasteiger partial charge on any atom is 0.339 e. The molecule has 0 unspecified atom stereocenters. The number of nitrogens with zero attached hydrogens (tertiary/aromatic N) is 1. The number of para-hydroxylation sites is 1. The molecule has 0 amide bonds. The lowest BCUT2D eigenvalue weighted by Crippen LogP contribution is -2.06. The number of aromatic nitrogens is 1. The highest BCUT2D eigenvalue weighted by Gasteiger charge is 2.16. The Labute approximate surface area is 149 Å². The molecular weight excluding hydrogens is 330 g/mol. The minimum Gasteiger partial charge on any atom is -0.457 e. The number of benzene rings is 3. The van der Waals surface area contributed by atoms with Crippen molar-refractivity contribution in [2.45, 2.75) is 6.61 Å². The Kier molecular flexibility index (Phi) is 4.27. The molecule has 0 fully saturated rings. The largest absolute Gasteiger partial charge is 0.457 e. The lowest BCUT2D eigenvalue weighted by molar-refractivity contribution is 0.0473. The predicted molar refractivity (Wildman–Crippen MR) is 101 cm³/mol. The summed E-state index contributed by atoms with van der Waals surface area (Å²) in [6.45, 7) is 0.258. The van der Waals surface area contributed by atoms with E-state index in [1.54, 1.807) is 17.4 Å². The zero-order valence-corrected chi connectivity index (χ0v) is 14.2. The third-order valence-electron chi connectivity index (χ3n) is 3.88. The quantitative estimate of drug-likeness (QED) is 0.470. The van der Waals surface area contributed by atoms with Gasteiger partial charge in [0.15, 0.2) is 0 Å². The number of rotatable bonds is 4. The number of thiazole rings is 1. The van der Waals surface area contributed by atoms with E-state index in [1.807, 2.05) is 72.8 Å². The van der Waals surface area contributed by atoms with Crippen molar-refractivity contribution in [3.05, 3.63) is 90.0 Å². The molecule has 0 saturated heterocycles. The maximum atomic E-state index is 12.6. The molecule has 3 nitrogen and oxygen atoms in total. The third-order valence-corrected chi connectivity index (χ3v) is 4.95. The van der Waals surface area contributed by atoms with Crippen molar-refractivity contribution in [1.29, 1.82) is 0 Å². The van der Waals surface area contributed by atoms with Crippen molar-refractivity contribution < 1.29 is 9.53 Å². The molecule has 0 bridgehead atoms. The Morgan fingerprint density at radius 2 is 1.60 bits per heavy atom. The minimum absolute atomic E-state index is 0.258. The van der Waals surface area contributed by atoms with E-state index in [2.05, 4.69) is 4.98 Å². The van der Waals surface area contributed by atoms with Crippen molar-refractivity contribution in [3.63, 3.8) is 0 Å². The molecule has 3 aromatic carbocycles. The molecule has 0 atom stereocenters. The van der Waals surface area contributed by atoms with Gasteiger partial charge in [-0.1, -0.05) is 60.7 Å². The SMILES string of the molecule is O=C(OCc1ccccc1)c1ccccc1-c1nc2ccccc2s1. The summed E-state index contributed by atoms with van der Waals surface area (Å²) in [4.78, 5) is 17.2. The Bertz CT molecular complexity index is 991. The standard InChI is InChI=1S/C21H15NO2S/c23-21(24-14-15-8-2-1-3-9-15)17-11-5-4-10-16(17)20-22-18-12-6-7-13-19(18)25-20/h1-13H,14H2. The van der Waals surface area contributed by atoms with E-state index >= 15 is 0 Å². The Morgan fingerprint density at radius 1 is 0.880 bits per heavy atom. The van der Waals surface area contributed by atoms with Crippen molar-refractivity contribution in [1.82, 2.24) is 4.98 Å². The molecule has 122 valence electrons. The van der Waals surface area contributed by atoms with Crippen LogP contribution in [0.5, 0.6) is 0 Å². The lowest BCUT2D eigenvalue weighted by Gasteiger charge is -2.08. The summed E-state index contributed by atoms with van der Waals surface area (Å²) in [6, 6.07) is 25.1. The van der Waals surface area contributed by atoms with Crippen LogP contribution in [0.4, 0.5) is 0 Å². The predicted octanol–water partition coefficient (Wildman–Crippen LogP) is 5.32. The number of carbonyl (C=O) groups is 1. The topological polar surface area (TPSA) is 39.2 Å². The van der Waals surface area contributed by atoms with E-state index in [0.717, 1.165) is 26.4 Å². The highest BCUT2D eigenvalue weighted by atomic mass is 32.1. The van der Waals surface area contributed by atoms with Gasteiger partial charge in [0.1, 0.15) is 11.6 Å². The molecule has 0 spiro atoms. The molecule has 25 heavy (non-hydrogen) atoms. The number of fused-ring (bicyclic) bond motifs is 1. The van der Waals surface area contributed by atoms with E-state index < -0.39 is 0 Å². The van der Waals surface area contributed by atoms with Gasteiger partial charge in [0, 0.05) is 5.56 Å². The van der Waals surface area contributed by atoms with Crippen LogP contribution in [0.1, 0.15) is 15.9 Å². The summed E-state index contributed by atoms with van der Waals surface area (Å²) in [5.74, 6) is -0.335. The Hall–Kier alpha value is -2.98. The fourth-order valence-corrected chi connectivity index (χ4v) is 3.64. The monoisotopic (exact) mass is 345 g/mol. The molecule has 4 rings (SSSR count). The smallest absolute Gasteiger partial charge is 0.339 e. The van der Waals surface area contributed by atoms with Crippen LogP contribution in [0.15, 0.2) is 78.9 Å². The van der Waals surface area contributed by atoms with Gasteiger partial charge in [0.25, 0.3) is 0 Å². The first kappa shape index (κ1) is 15.5. The molecule has 0 aliphatic rings. The second-order valence-electron chi connectivity index (χ2n) is 5.59. The van der Waals surface area contributed by atoms with Gasteiger partial charge in [0.2, 0.25) is 0 Å². The van der Waals surface area contributed by atoms with Crippen molar-refractivity contribution >= 4 is 27.5 Å². The van der Waals surface area contributed by atoms with Crippen LogP contribution in [0.25, 0.3) is 20.8 Å². The van der Waals surface area contributed by atoms with Gasteiger partial charge in [-0.3, -0.25) is 0 Å². The van der Waals surface area contributed by atoms with Crippen LogP contribution in [-0.4, -0.2) is 11.0 Å². The minimum atomic E-state index is -0.335. The van der Waals surface area contributed by atoms with Gasteiger partial charge in [-0.15, -0.1) is 11.3 Å². The van der Waals surface area contributed by atoms with Crippen molar-refractivity contribution in [2.75, 3.05) is 0 Å². The summed E-state index contributed by atoms with van der Waals surface area (Å²) in [6.07, 6.45) is 0. The number of carbonyl (C=O) groups excluding carboxylic acids is 1. The molecule has 0 saturated carbocycles. The summed E-state index contributed by atoms with van der Waals surface area (Å²) in [5, 5.41) is 0.827. The van der Waals surface area contributed by atoms with Crippen LogP contribution in [0.2, 0.25) is 0 Å². The average molecular weight is 345 g/mol. The first-order valence-electron chi connectivity index (χ1n) is 7.97. The summed E-state index contributed by atoms with van der Waals surface area (Å²) >= 11 is 1.58. The molecule has 0 aliphatic heterocycles. The van der Waals surface area contributed by atoms with Gasteiger partial charge in [0.05, 0.1) is 15.8 Å². The highest BCUT2D eigenvalue weighted by Crippen LogP contribution is 2.32. The first-order chi connectivity index (χ1) is 12.3. The van der Waals surface area contributed by atoms with Crippen LogP contribution < -0.4 is 0 Å². The van der Waals surface area contributed by atoms with Crippen LogP contribution >= 0.6 is 11.3 Å². The highest BCUT2D eigenvalue weighted by molar-refractivity contribution is 7.21. The maximum absolute atomic E-state index is 12.6. The fourth-order valence-electron chi connectivity index (χ4n) is 2.64. The summed E-state index contributed by atoms with van der Waals surface area (Å²) < 4.78 is 6.59. The van der Waals surface area contributed by atoms with Crippen LogP contribution in [0, 0.1) is 0 Å². The van der Waals surface area contributed by atoms with Gasteiger partial charge in [-0.2, -0.15) is 0 Å². The van der Waals surface area contributed by atoms with E-state index in [1.165, 1.54) is 0 Å². The Balaban J connectivity index is 1.63. The molecule has 4 aromatic rings. The summed E-state index contributed by atoms with van der Waals surface area (Å²) in [5.41, 5.74) is 3.25. The molecule has 1 aromatic heterocycles. The number of ether oxygens (including phenoxy) is 1. The molecule has 0 N–H and O–H groups in total. The number of hydrogen-bond donors (Lipinski definition) is 0.